The van der Waals surface area contributed by atoms with Crippen LogP contribution < -0.4 is 5.32 Å². The molecule has 3 atom stereocenters. The highest BCUT2D eigenvalue weighted by molar-refractivity contribution is 9.10. The van der Waals surface area contributed by atoms with Crippen LogP contribution in [0.3, 0.4) is 0 Å². The first-order chi connectivity index (χ1) is 17.5. The molecule has 3 aliphatic rings. The quantitative estimate of drug-likeness (QED) is 0.519. The standard InChI is InChI=1S/C27H30BrClN6O/c28-21-11-20-2-1-19-12-22(29)3-4-23(19)26(25(20)32-13-21)34-10-7-31-24(16-34)27(36)35-8-5-18(15-35)14-33-9-6-30-17-33/h3-4,6,9,11-13,17-18,24,26,31H,1-2,5,7-8,10,14-16H2/t18-,24+,26?/m0/s1. The highest BCUT2D eigenvalue weighted by Gasteiger charge is 2.38. The number of imidazole rings is 1. The van der Waals surface area contributed by atoms with Crippen molar-refractivity contribution in [2.45, 2.75) is 37.9 Å². The average Bonchev–Trinajstić information content (AvgIpc) is 3.54. The van der Waals surface area contributed by atoms with Crippen molar-refractivity contribution in [3.8, 4) is 0 Å². The van der Waals surface area contributed by atoms with Gasteiger partial charge in [-0.25, -0.2) is 4.98 Å². The Labute approximate surface area is 225 Å². The summed E-state index contributed by atoms with van der Waals surface area (Å²) < 4.78 is 3.11. The zero-order valence-electron chi connectivity index (χ0n) is 20.1. The maximum Gasteiger partial charge on any atom is 0.241 e. The number of fused-ring (bicyclic) bond motifs is 2. The Morgan fingerprint density at radius 3 is 2.92 bits per heavy atom. The van der Waals surface area contributed by atoms with E-state index in [4.69, 9.17) is 16.6 Å². The van der Waals surface area contributed by atoms with Gasteiger partial charge in [0, 0.05) is 67.4 Å². The van der Waals surface area contributed by atoms with Crippen molar-refractivity contribution in [1.82, 2.24) is 29.7 Å². The lowest BCUT2D eigenvalue weighted by molar-refractivity contribution is -0.133. The van der Waals surface area contributed by atoms with Crippen LogP contribution in [0.25, 0.3) is 0 Å². The average molecular weight is 570 g/mol. The van der Waals surface area contributed by atoms with Crippen LogP contribution in [0.1, 0.15) is 34.8 Å². The van der Waals surface area contributed by atoms with Gasteiger partial charge in [0.15, 0.2) is 0 Å². The number of hydrogen-bond donors (Lipinski definition) is 1. The molecule has 1 unspecified atom stereocenters. The summed E-state index contributed by atoms with van der Waals surface area (Å²) in [6, 6.07) is 8.21. The summed E-state index contributed by atoms with van der Waals surface area (Å²) in [5.41, 5.74) is 4.87. The van der Waals surface area contributed by atoms with Gasteiger partial charge in [-0.3, -0.25) is 14.7 Å². The first kappa shape index (κ1) is 24.1. The van der Waals surface area contributed by atoms with Crippen LogP contribution in [0.15, 0.2) is 53.7 Å². The molecule has 0 radical (unpaired) electrons. The van der Waals surface area contributed by atoms with E-state index in [1.54, 1.807) is 0 Å². The monoisotopic (exact) mass is 568 g/mol. The Hall–Kier alpha value is -2.26. The summed E-state index contributed by atoms with van der Waals surface area (Å²) in [7, 11) is 0. The minimum absolute atomic E-state index is 0.00725. The lowest BCUT2D eigenvalue weighted by Crippen LogP contribution is -2.58. The number of halogens is 2. The van der Waals surface area contributed by atoms with Crippen molar-refractivity contribution in [1.29, 1.82) is 0 Å². The zero-order chi connectivity index (χ0) is 24.6. The van der Waals surface area contributed by atoms with Gasteiger partial charge in [-0.15, -0.1) is 0 Å². The van der Waals surface area contributed by atoms with Crippen LogP contribution >= 0.6 is 27.5 Å². The molecule has 2 aromatic heterocycles. The van der Waals surface area contributed by atoms with E-state index >= 15 is 0 Å². The molecule has 2 aliphatic heterocycles. The number of piperazine rings is 1. The molecule has 0 saturated carbocycles. The molecule has 2 saturated heterocycles. The van der Waals surface area contributed by atoms with Crippen molar-refractivity contribution >= 4 is 33.4 Å². The van der Waals surface area contributed by atoms with Crippen molar-refractivity contribution in [3.63, 3.8) is 0 Å². The Morgan fingerprint density at radius 1 is 1.17 bits per heavy atom. The van der Waals surface area contributed by atoms with Gasteiger partial charge in [0.25, 0.3) is 0 Å². The van der Waals surface area contributed by atoms with Crippen molar-refractivity contribution in [2.75, 3.05) is 32.7 Å². The normalized spacial score (nSPS) is 24.3. The number of likely N-dealkylation sites (tertiary alicyclic amines) is 1. The molecule has 1 N–H and O–H groups in total. The number of amides is 1. The number of nitrogens with zero attached hydrogens (tertiary/aromatic N) is 5. The van der Waals surface area contributed by atoms with Crippen LogP contribution in [-0.2, 0) is 24.2 Å². The van der Waals surface area contributed by atoms with E-state index in [2.05, 4.69) is 53.9 Å². The number of aromatic nitrogens is 3. The van der Waals surface area contributed by atoms with Crippen molar-refractivity contribution in [2.24, 2.45) is 5.92 Å². The first-order valence-corrected chi connectivity index (χ1v) is 13.9. The van der Waals surface area contributed by atoms with Crippen LogP contribution in [0.5, 0.6) is 0 Å². The second kappa shape index (κ2) is 10.2. The van der Waals surface area contributed by atoms with Crippen LogP contribution in [0, 0.1) is 5.92 Å². The van der Waals surface area contributed by atoms with Crippen LogP contribution in [0.2, 0.25) is 5.02 Å². The Morgan fingerprint density at radius 2 is 2.06 bits per heavy atom. The van der Waals surface area contributed by atoms with E-state index in [-0.39, 0.29) is 18.0 Å². The molecule has 9 heteroatoms. The second-order valence-corrected chi connectivity index (χ2v) is 11.5. The third-order valence-corrected chi connectivity index (χ3v) is 8.45. The van der Waals surface area contributed by atoms with E-state index in [9.17, 15) is 4.79 Å². The van der Waals surface area contributed by atoms with E-state index in [1.165, 1.54) is 16.7 Å². The number of rotatable bonds is 4. The lowest BCUT2D eigenvalue weighted by Gasteiger charge is -2.40. The molecule has 7 nitrogen and oxygen atoms in total. The molecule has 1 aromatic carbocycles. The Kier molecular flexibility index (Phi) is 6.86. The van der Waals surface area contributed by atoms with E-state index in [0.29, 0.717) is 12.5 Å². The maximum absolute atomic E-state index is 13.6. The van der Waals surface area contributed by atoms with Gasteiger partial charge >= 0.3 is 0 Å². The predicted molar refractivity (Wildman–Crippen MR) is 143 cm³/mol. The highest BCUT2D eigenvalue weighted by Crippen LogP contribution is 2.38. The topological polar surface area (TPSA) is 66.3 Å². The summed E-state index contributed by atoms with van der Waals surface area (Å²) in [5.74, 6) is 0.678. The lowest BCUT2D eigenvalue weighted by atomic mass is 9.95. The molecule has 2 fully saturated rings. The largest absolute Gasteiger partial charge is 0.341 e. The minimum Gasteiger partial charge on any atom is -0.341 e. The molecule has 1 aliphatic carbocycles. The summed E-state index contributed by atoms with van der Waals surface area (Å²) in [5, 5.41) is 4.27. The molecular weight excluding hydrogens is 540 g/mol. The van der Waals surface area contributed by atoms with Gasteiger partial charge in [-0.1, -0.05) is 17.7 Å². The van der Waals surface area contributed by atoms with E-state index in [1.807, 2.05) is 35.9 Å². The summed E-state index contributed by atoms with van der Waals surface area (Å²) in [6.07, 6.45) is 10.4. The number of nitrogens with one attached hydrogen (secondary N) is 1. The first-order valence-electron chi connectivity index (χ1n) is 12.7. The number of benzene rings is 1. The third kappa shape index (κ3) is 4.84. The van der Waals surface area contributed by atoms with Gasteiger partial charge in [0.05, 0.1) is 24.1 Å². The second-order valence-electron chi connectivity index (χ2n) is 10.1. The van der Waals surface area contributed by atoms with E-state index < -0.39 is 0 Å². The summed E-state index contributed by atoms with van der Waals surface area (Å²) in [4.78, 5) is 27.1. The van der Waals surface area contributed by atoms with Crippen molar-refractivity contribution in [3.05, 3.63) is 81.1 Å². The summed E-state index contributed by atoms with van der Waals surface area (Å²) >= 11 is 10.00. The number of aryl methyl sites for hydroxylation is 2. The zero-order valence-corrected chi connectivity index (χ0v) is 22.5. The molecular formula is C27H30BrClN6O. The fraction of sp³-hybridized carbons (Fsp3) is 0.444. The molecule has 0 spiro atoms. The van der Waals surface area contributed by atoms with Gasteiger partial charge in [-0.05, 0) is 76.0 Å². The van der Waals surface area contributed by atoms with Crippen LogP contribution in [0.4, 0.5) is 0 Å². The highest BCUT2D eigenvalue weighted by atomic mass is 79.9. The molecule has 3 aromatic rings. The molecule has 36 heavy (non-hydrogen) atoms. The number of carbonyl (C=O) groups excluding carboxylic acids is 1. The molecule has 4 heterocycles. The molecule has 188 valence electrons. The van der Waals surface area contributed by atoms with Gasteiger partial charge in [0.2, 0.25) is 5.91 Å². The minimum atomic E-state index is -0.219. The third-order valence-electron chi connectivity index (χ3n) is 7.79. The molecule has 1 amide bonds. The fourth-order valence-electron chi connectivity index (χ4n) is 6.05. The van der Waals surface area contributed by atoms with Crippen LogP contribution in [-0.4, -0.2) is 69.0 Å². The Balaban J connectivity index is 1.23. The van der Waals surface area contributed by atoms with E-state index in [0.717, 1.165) is 67.2 Å². The molecule has 0 bridgehead atoms. The van der Waals surface area contributed by atoms with Gasteiger partial charge < -0.3 is 14.8 Å². The smallest absolute Gasteiger partial charge is 0.241 e. The summed E-state index contributed by atoms with van der Waals surface area (Å²) in [6.45, 7) is 4.82. The van der Waals surface area contributed by atoms with Crippen molar-refractivity contribution < 1.29 is 4.79 Å². The Bertz CT molecular complexity index is 1200. The number of pyridine rings is 1. The number of hydrogen-bond acceptors (Lipinski definition) is 5. The molecule has 6 rings (SSSR count). The van der Waals surface area contributed by atoms with Gasteiger partial charge in [0.1, 0.15) is 0 Å². The maximum atomic E-state index is 13.6. The number of carbonyl (C=O) groups is 1. The fourth-order valence-corrected chi connectivity index (χ4v) is 6.62. The van der Waals surface area contributed by atoms with Gasteiger partial charge in [-0.2, -0.15) is 0 Å². The SMILES string of the molecule is O=C([C@H]1CN(C2c3ccc(Cl)cc3CCc3cc(Br)cnc32)CCN1)N1CC[C@@H](Cn2ccnc2)C1. The predicted octanol–water partition coefficient (Wildman–Crippen LogP) is 3.70.